The number of aromatic nitrogens is 2. The summed E-state index contributed by atoms with van der Waals surface area (Å²) in [6.07, 6.45) is 7.24. The minimum atomic E-state index is -0.472. The third-order valence-electron chi connectivity index (χ3n) is 4.60. The number of primary amides is 1. The summed E-state index contributed by atoms with van der Waals surface area (Å²) in [6.45, 7) is 9.70. The Morgan fingerprint density at radius 3 is 2.52 bits per heavy atom. The summed E-state index contributed by atoms with van der Waals surface area (Å²) in [7, 11) is 2.08. The van der Waals surface area contributed by atoms with E-state index in [2.05, 4.69) is 47.6 Å². The van der Waals surface area contributed by atoms with Crippen LogP contribution in [0.3, 0.4) is 0 Å². The van der Waals surface area contributed by atoms with Gasteiger partial charge in [0.15, 0.2) is 0 Å². The van der Waals surface area contributed by atoms with E-state index in [1.807, 2.05) is 12.2 Å². The summed E-state index contributed by atoms with van der Waals surface area (Å²) < 4.78 is 5.77. The van der Waals surface area contributed by atoms with E-state index in [0.29, 0.717) is 5.89 Å². The summed E-state index contributed by atoms with van der Waals surface area (Å²) in [5, 5.41) is 0.731. The number of nitrogens with zero attached hydrogens (tertiary/aromatic N) is 4. The molecule has 2 N–H and O–H groups in total. The van der Waals surface area contributed by atoms with E-state index in [-0.39, 0.29) is 11.3 Å². The second-order valence-electron chi connectivity index (χ2n) is 7.89. The molecule has 0 spiro atoms. The molecule has 1 amide bonds. The van der Waals surface area contributed by atoms with Crippen molar-refractivity contribution in [3.8, 4) is 0 Å². The van der Waals surface area contributed by atoms with Crippen molar-refractivity contribution in [1.29, 1.82) is 0 Å². The summed E-state index contributed by atoms with van der Waals surface area (Å²) in [6, 6.07) is -0.472. The molecule has 0 saturated carbocycles. The van der Waals surface area contributed by atoms with E-state index in [4.69, 9.17) is 10.2 Å². The number of piperazine rings is 1. The van der Waals surface area contributed by atoms with Crippen LogP contribution in [0.15, 0.2) is 16.8 Å². The number of amides is 1. The van der Waals surface area contributed by atoms with Crippen molar-refractivity contribution in [2.24, 2.45) is 5.73 Å². The molecule has 1 atom stereocenters. The van der Waals surface area contributed by atoms with Crippen LogP contribution in [0.1, 0.15) is 48.3 Å². The lowest BCUT2D eigenvalue weighted by atomic mass is 9.94. The van der Waals surface area contributed by atoms with Crippen LogP contribution in [0.25, 0.3) is 12.2 Å². The van der Waals surface area contributed by atoms with Gasteiger partial charge in [-0.15, -0.1) is 11.3 Å². The first-order valence-electron chi connectivity index (χ1n) is 9.06. The molecule has 1 unspecified atom stereocenters. The van der Waals surface area contributed by atoms with Gasteiger partial charge >= 0.3 is 0 Å². The van der Waals surface area contributed by atoms with Gasteiger partial charge in [0, 0.05) is 48.7 Å². The molecule has 0 bridgehead atoms. The molecule has 0 aromatic carbocycles. The van der Waals surface area contributed by atoms with Gasteiger partial charge in [0.1, 0.15) is 16.8 Å². The van der Waals surface area contributed by atoms with Gasteiger partial charge in [0.25, 0.3) is 0 Å². The molecule has 2 aromatic heterocycles. The fourth-order valence-corrected chi connectivity index (χ4v) is 3.87. The highest BCUT2D eigenvalue weighted by Gasteiger charge is 2.30. The average molecular weight is 390 g/mol. The van der Waals surface area contributed by atoms with Crippen molar-refractivity contribution in [3.63, 3.8) is 0 Å². The van der Waals surface area contributed by atoms with Crippen LogP contribution >= 0.6 is 11.3 Å². The highest BCUT2D eigenvalue weighted by molar-refractivity contribution is 7.12. The largest absolute Gasteiger partial charge is 0.441 e. The molecule has 1 aliphatic rings. The molecule has 3 rings (SSSR count). The average Bonchev–Trinajstić information content (AvgIpc) is 3.24. The van der Waals surface area contributed by atoms with E-state index in [0.717, 1.165) is 41.8 Å². The molecular formula is C19H27N5O2S. The normalized spacial score (nSPS) is 18.2. The van der Waals surface area contributed by atoms with Gasteiger partial charge in [-0.05, 0) is 13.1 Å². The van der Waals surface area contributed by atoms with Crippen LogP contribution in [0, 0.1) is 0 Å². The number of oxazole rings is 1. The van der Waals surface area contributed by atoms with Gasteiger partial charge in [0.2, 0.25) is 11.8 Å². The van der Waals surface area contributed by atoms with Gasteiger partial charge in [-0.25, -0.2) is 9.97 Å². The van der Waals surface area contributed by atoms with Crippen LogP contribution in [-0.4, -0.2) is 58.9 Å². The van der Waals surface area contributed by atoms with E-state index in [1.54, 1.807) is 12.4 Å². The molecule has 0 aliphatic carbocycles. The second kappa shape index (κ2) is 7.92. The number of rotatable bonds is 5. The smallest absolute Gasteiger partial charge is 0.241 e. The molecule has 7 nitrogen and oxygen atoms in total. The fourth-order valence-electron chi connectivity index (χ4n) is 2.91. The number of carbonyl (C=O) groups excluding carboxylic acids is 1. The molecule has 1 aliphatic heterocycles. The van der Waals surface area contributed by atoms with Gasteiger partial charge < -0.3 is 15.1 Å². The topological polar surface area (TPSA) is 88.5 Å². The number of hydrogen-bond donors (Lipinski definition) is 1. The Bertz CT molecular complexity index is 812. The number of nitrogens with two attached hydrogens (primary N) is 1. The Hall–Kier alpha value is -2.03. The van der Waals surface area contributed by atoms with Crippen LogP contribution in [0.5, 0.6) is 0 Å². The van der Waals surface area contributed by atoms with Crippen molar-refractivity contribution >= 4 is 29.4 Å². The zero-order valence-electron chi connectivity index (χ0n) is 16.3. The number of likely N-dealkylation sites (N-methyl/N-ethyl adjacent to an activating group) is 1. The maximum Gasteiger partial charge on any atom is 0.241 e. The van der Waals surface area contributed by atoms with Crippen LogP contribution in [-0.2, 0) is 10.2 Å². The third-order valence-corrected chi connectivity index (χ3v) is 5.62. The standard InChI is InChI=1S/C19H27N5O2S/c1-19(2,3)14-12-21-15(26-14)6-5-13-11-22-18(27-13)16(17(20)25)24-9-7-23(4)8-10-24/h5-6,11-12,16H,7-10H2,1-4H3,(H2,20,25). The molecule has 0 radical (unpaired) electrons. The lowest BCUT2D eigenvalue weighted by molar-refractivity contribution is -0.124. The summed E-state index contributed by atoms with van der Waals surface area (Å²) in [5.41, 5.74) is 5.61. The molecule has 2 aromatic rings. The third kappa shape index (κ3) is 4.82. The van der Waals surface area contributed by atoms with Gasteiger partial charge in [0.05, 0.1) is 6.20 Å². The fraction of sp³-hybridized carbons (Fsp3) is 0.526. The van der Waals surface area contributed by atoms with Crippen LogP contribution in [0.2, 0.25) is 0 Å². The van der Waals surface area contributed by atoms with Crippen molar-refractivity contribution in [1.82, 2.24) is 19.8 Å². The van der Waals surface area contributed by atoms with Gasteiger partial charge in [-0.1, -0.05) is 20.8 Å². The molecule has 1 fully saturated rings. The molecule has 8 heteroatoms. The maximum atomic E-state index is 12.1. The monoisotopic (exact) mass is 389 g/mol. The molecule has 146 valence electrons. The van der Waals surface area contributed by atoms with Crippen molar-refractivity contribution in [2.75, 3.05) is 33.2 Å². The van der Waals surface area contributed by atoms with E-state index in [9.17, 15) is 4.79 Å². The van der Waals surface area contributed by atoms with Crippen molar-refractivity contribution in [3.05, 3.63) is 33.9 Å². The molecule has 3 heterocycles. The van der Waals surface area contributed by atoms with Gasteiger partial charge in [-0.2, -0.15) is 0 Å². The zero-order chi connectivity index (χ0) is 19.6. The lowest BCUT2D eigenvalue weighted by Crippen LogP contribution is -2.49. The highest BCUT2D eigenvalue weighted by Crippen LogP contribution is 2.28. The minimum absolute atomic E-state index is 0.0754. The summed E-state index contributed by atoms with van der Waals surface area (Å²) >= 11 is 1.47. The summed E-state index contributed by atoms with van der Waals surface area (Å²) in [4.78, 5) is 26.1. The molecule has 27 heavy (non-hydrogen) atoms. The zero-order valence-corrected chi connectivity index (χ0v) is 17.1. The Kier molecular flexibility index (Phi) is 5.78. The van der Waals surface area contributed by atoms with Crippen LogP contribution < -0.4 is 5.73 Å². The second-order valence-corrected chi connectivity index (χ2v) is 8.98. The van der Waals surface area contributed by atoms with Crippen LogP contribution in [0.4, 0.5) is 0 Å². The maximum absolute atomic E-state index is 12.1. The Morgan fingerprint density at radius 2 is 1.93 bits per heavy atom. The number of carbonyl (C=O) groups is 1. The number of hydrogen-bond acceptors (Lipinski definition) is 7. The minimum Gasteiger partial charge on any atom is -0.441 e. The van der Waals surface area contributed by atoms with E-state index in [1.165, 1.54) is 11.3 Å². The molecular weight excluding hydrogens is 362 g/mol. The predicted octanol–water partition coefficient (Wildman–Crippen LogP) is 2.37. The van der Waals surface area contributed by atoms with E-state index >= 15 is 0 Å². The predicted molar refractivity (Wildman–Crippen MR) is 107 cm³/mol. The molecule has 1 saturated heterocycles. The van der Waals surface area contributed by atoms with E-state index < -0.39 is 6.04 Å². The highest BCUT2D eigenvalue weighted by atomic mass is 32.1. The first-order valence-corrected chi connectivity index (χ1v) is 9.88. The number of thiazole rings is 1. The van der Waals surface area contributed by atoms with Gasteiger partial charge in [-0.3, -0.25) is 9.69 Å². The first kappa shape index (κ1) is 19.7. The lowest BCUT2D eigenvalue weighted by Gasteiger charge is -2.35. The quantitative estimate of drug-likeness (QED) is 0.845. The Labute approximate surface area is 163 Å². The Balaban J connectivity index is 1.73. The summed E-state index contributed by atoms with van der Waals surface area (Å²) in [5.74, 6) is 1.04. The van der Waals surface area contributed by atoms with Crippen molar-refractivity contribution in [2.45, 2.75) is 32.2 Å². The Morgan fingerprint density at radius 1 is 1.22 bits per heavy atom. The first-order chi connectivity index (χ1) is 12.7. The SMILES string of the molecule is CN1CCN(C(C(N)=O)c2ncc(C=Cc3ncc(C(C)(C)C)o3)s2)CC1. The van der Waals surface area contributed by atoms with Crippen molar-refractivity contribution < 1.29 is 9.21 Å².